The van der Waals surface area contributed by atoms with Crippen molar-refractivity contribution in [1.82, 2.24) is 5.43 Å². The number of carbonyl (C=O) groups is 1. The smallest absolute Gasteiger partial charge is 0.270 e. The fraction of sp³-hybridized carbons (Fsp3) is 0.212. The topological polar surface area (TPSA) is 126 Å². The van der Waals surface area contributed by atoms with Gasteiger partial charge in [-0.1, -0.05) is 64.5 Å². The number of hydrazine groups is 1. The molecule has 4 aromatic rings. The number of halogens is 1. The van der Waals surface area contributed by atoms with Gasteiger partial charge in [-0.3, -0.25) is 15.6 Å². The number of aliphatic hydroxyl groups is 1. The van der Waals surface area contributed by atoms with Gasteiger partial charge in [0.25, 0.3) is 5.91 Å². The van der Waals surface area contributed by atoms with Crippen LogP contribution >= 0.6 is 15.9 Å². The van der Waals surface area contributed by atoms with Gasteiger partial charge in [0.15, 0.2) is 21.5 Å². The first-order valence-electron chi connectivity index (χ1n) is 14.1. The van der Waals surface area contributed by atoms with E-state index in [1.807, 2.05) is 42.5 Å². The van der Waals surface area contributed by atoms with Crippen LogP contribution in [0.1, 0.15) is 30.1 Å². The standard InChI is InChI=1S/C33H32BrN3O6S/c34-26-16-12-24(13-17-26)30-33(32(39)37-36-27-8-3-1-4-9-27,20-23-44(40,41)29-10-5-2-6-11-29)35-31(43-30)25-14-18-28(19-15-25)42-22-7-21-38/h1-6,8-19,30,36,38H,7,20-23H2,(H,37,39)/t30-,33-/m0/s1. The normalized spacial score (nSPS) is 17.8. The van der Waals surface area contributed by atoms with Crippen LogP contribution in [0.25, 0.3) is 0 Å². The third-order valence-electron chi connectivity index (χ3n) is 7.15. The van der Waals surface area contributed by atoms with Crippen molar-refractivity contribution in [2.24, 2.45) is 4.99 Å². The Kier molecular flexibility index (Phi) is 9.99. The first-order valence-corrected chi connectivity index (χ1v) is 16.5. The zero-order valence-corrected chi connectivity index (χ0v) is 26.1. The number of rotatable bonds is 13. The van der Waals surface area contributed by atoms with Gasteiger partial charge in [0.2, 0.25) is 5.90 Å². The molecule has 0 radical (unpaired) electrons. The van der Waals surface area contributed by atoms with Crippen LogP contribution in [0.5, 0.6) is 5.75 Å². The zero-order chi connectivity index (χ0) is 31.0. The summed E-state index contributed by atoms with van der Waals surface area (Å²) < 4.78 is 39.8. The number of benzene rings is 4. The highest BCUT2D eigenvalue weighted by atomic mass is 79.9. The Balaban J connectivity index is 1.54. The summed E-state index contributed by atoms with van der Waals surface area (Å²) in [5.74, 6) is -0.0841. The van der Waals surface area contributed by atoms with E-state index in [-0.39, 0.29) is 29.6 Å². The van der Waals surface area contributed by atoms with E-state index in [4.69, 9.17) is 19.6 Å². The molecule has 0 aliphatic carbocycles. The molecule has 3 N–H and O–H groups in total. The van der Waals surface area contributed by atoms with E-state index in [1.54, 1.807) is 54.6 Å². The highest BCUT2D eigenvalue weighted by Gasteiger charge is 2.53. The number of para-hydroxylation sites is 1. The number of nitrogens with one attached hydrogen (secondary N) is 2. The molecule has 5 rings (SSSR count). The van der Waals surface area contributed by atoms with E-state index >= 15 is 0 Å². The first-order chi connectivity index (χ1) is 21.3. The van der Waals surface area contributed by atoms with Crippen molar-refractivity contribution in [3.63, 3.8) is 0 Å². The number of anilines is 1. The van der Waals surface area contributed by atoms with Gasteiger partial charge in [-0.2, -0.15) is 0 Å². The maximum absolute atomic E-state index is 14.2. The number of hydrogen-bond donors (Lipinski definition) is 3. The Labute approximate surface area is 265 Å². The van der Waals surface area contributed by atoms with Crippen LogP contribution in [0.15, 0.2) is 124 Å². The molecule has 1 aliphatic rings. The van der Waals surface area contributed by atoms with Gasteiger partial charge >= 0.3 is 0 Å². The van der Waals surface area contributed by atoms with Gasteiger partial charge in [0.1, 0.15) is 5.75 Å². The number of ether oxygens (including phenoxy) is 2. The highest BCUT2D eigenvalue weighted by Crippen LogP contribution is 2.43. The van der Waals surface area contributed by atoms with Crippen LogP contribution in [0.3, 0.4) is 0 Å². The quantitative estimate of drug-likeness (QED) is 0.126. The van der Waals surface area contributed by atoms with Gasteiger partial charge in [-0.15, -0.1) is 0 Å². The summed E-state index contributed by atoms with van der Waals surface area (Å²) in [5, 5.41) is 9.03. The summed E-state index contributed by atoms with van der Waals surface area (Å²) in [6.07, 6.45) is -0.582. The van der Waals surface area contributed by atoms with E-state index in [9.17, 15) is 13.2 Å². The number of hydrogen-bond acceptors (Lipinski definition) is 8. The molecular formula is C33H32BrN3O6S. The molecule has 228 valence electrons. The molecular weight excluding hydrogens is 646 g/mol. The molecule has 0 saturated carbocycles. The van der Waals surface area contributed by atoms with Crippen molar-refractivity contribution >= 4 is 43.3 Å². The lowest BCUT2D eigenvalue weighted by Crippen LogP contribution is -2.51. The number of amides is 1. The lowest BCUT2D eigenvalue weighted by molar-refractivity contribution is -0.128. The molecule has 11 heteroatoms. The van der Waals surface area contributed by atoms with E-state index in [2.05, 4.69) is 26.8 Å². The summed E-state index contributed by atoms with van der Waals surface area (Å²) in [6.45, 7) is 0.399. The number of nitrogens with zero attached hydrogens (tertiary/aromatic N) is 1. The molecule has 0 bridgehead atoms. The van der Waals surface area contributed by atoms with Crippen molar-refractivity contribution < 1.29 is 27.8 Å². The maximum atomic E-state index is 14.2. The third kappa shape index (κ3) is 7.29. The second kappa shape index (κ2) is 14.1. The van der Waals surface area contributed by atoms with E-state index in [0.29, 0.717) is 35.6 Å². The number of carbonyl (C=O) groups excluding carboxylic acids is 1. The second-order valence-electron chi connectivity index (χ2n) is 10.2. The molecule has 9 nitrogen and oxygen atoms in total. The molecule has 2 atom stereocenters. The van der Waals surface area contributed by atoms with E-state index in [0.717, 1.165) is 4.47 Å². The summed E-state index contributed by atoms with van der Waals surface area (Å²) in [6, 6.07) is 31.6. The van der Waals surface area contributed by atoms with Crippen LogP contribution < -0.4 is 15.6 Å². The van der Waals surface area contributed by atoms with Crippen molar-refractivity contribution in [1.29, 1.82) is 0 Å². The second-order valence-corrected chi connectivity index (χ2v) is 13.2. The minimum atomic E-state index is -3.76. The largest absolute Gasteiger partial charge is 0.494 e. The van der Waals surface area contributed by atoms with Gasteiger partial charge in [0.05, 0.1) is 22.9 Å². The molecule has 0 unspecified atom stereocenters. The van der Waals surface area contributed by atoms with Crippen molar-refractivity contribution in [3.8, 4) is 5.75 Å². The van der Waals surface area contributed by atoms with Crippen LogP contribution in [0, 0.1) is 0 Å². The molecule has 0 spiro atoms. The minimum absolute atomic E-state index is 0.0312. The van der Waals surface area contributed by atoms with E-state index < -0.39 is 27.4 Å². The van der Waals surface area contributed by atoms with Crippen LogP contribution in [0.2, 0.25) is 0 Å². The number of aliphatic imine (C=N–C) groups is 1. The first kappa shape index (κ1) is 31.2. The lowest BCUT2D eigenvalue weighted by atomic mass is 9.85. The fourth-order valence-corrected chi connectivity index (χ4v) is 6.45. The summed E-state index contributed by atoms with van der Waals surface area (Å²) in [7, 11) is -3.76. The van der Waals surface area contributed by atoms with E-state index in [1.165, 1.54) is 12.1 Å². The molecule has 0 saturated heterocycles. The third-order valence-corrected chi connectivity index (χ3v) is 9.41. The Bertz CT molecular complexity index is 1690. The predicted octanol–water partition coefficient (Wildman–Crippen LogP) is 5.47. The summed E-state index contributed by atoms with van der Waals surface area (Å²) >= 11 is 3.46. The molecule has 1 amide bonds. The van der Waals surface area contributed by atoms with Crippen LogP contribution in [-0.4, -0.2) is 49.8 Å². The Hall–Kier alpha value is -4.19. The van der Waals surface area contributed by atoms with Gasteiger partial charge < -0.3 is 14.6 Å². The zero-order valence-electron chi connectivity index (χ0n) is 23.7. The summed E-state index contributed by atoms with van der Waals surface area (Å²) in [4.78, 5) is 19.3. The molecule has 44 heavy (non-hydrogen) atoms. The summed E-state index contributed by atoms with van der Waals surface area (Å²) in [5.41, 5.74) is 5.93. The predicted molar refractivity (Wildman–Crippen MR) is 172 cm³/mol. The van der Waals surface area contributed by atoms with Crippen molar-refractivity contribution in [3.05, 3.63) is 125 Å². The molecule has 1 aliphatic heterocycles. The average Bonchev–Trinajstić information content (AvgIpc) is 3.45. The maximum Gasteiger partial charge on any atom is 0.270 e. The van der Waals surface area contributed by atoms with Crippen LogP contribution in [-0.2, 0) is 19.4 Å². The Morgan fingerprint density at radius 2 is 1.59 bits per heavy atom. The van der Waals surface area contributed by atoms with Crippen LogP contribution in [0.4, 0.5) is 5.69 Å². The lowest BCUT2D eigenvalue weighted by Gasteiger charge is -2.30. The number of sulfone groups is 1. The van der Waals surface area contributed by atoms with Gasteiger partial charge in [-0.25, -0.2) is 13.4 Å². The molecule has 0 fully saturated rings. The number of aliphatic hydroxyl groups excluding tert-OH is 1. The fourth-order valence-electron chi connectivity index (χ4n) is 4.80. The molecule has 0 aromatic heterocycles. The highest BCUT2D eigenvalue weighted by molar-refractivity contribution is 9.10. The Morgan fingerprint density at radius 3 is 2.25 bits per heavy atom. The van der Waals surface area contributed by atoms with Gasteiger partial charge in [-0.05, 0) is 66.2 Å². The minimum Gasteiger partial charge on any atom is -0.494 e. The molecule has 1 heterocycles. The SMILES string of the molecule is O=C(NNc1ccccc1)[C@@]1(CCS(=O)(=O)c2ccccc2)N=C(c2ccc(OCCCO)cc2)O[C@H]1c1ccc(Br)cc1. The Morgan fingerprint density at radius 1 is 0.932 bits per heavy atom. The average molecular weight is 679 g/mol. The van der Waals surface area contributed by atoms with Crippen molar-refractivity contribution in [2.45, 2.75) is 29.4 Å². The van der Waals surface area contributed by atoms with Gasteiger partial charge in [0, 0.05) is 29.5 Å². The monoisotopic (exact) mass is 677 g/mol. The van der Waals surface area contributed by atoms with Crippen molar-refractivity contribution in [2.75, 3.05) is 24.4 Å². The molecule has 4 aromatic carbocycles.